The van der Waals surface area contributed by atoms with Crippen LogP contribution in [0.5, 0.6) is 5.75 Å². The SMILES string of the molecule is CCCCCCCCCCCC[N+](C)(C)Cc1ncccc1OCC.[Cl-]. The van der Waals surface area contributed by atoms with Crippen molar-refractivity contribution in [2.45, 2.75) is 84.6 Å². The predicted molar refractivity (Wildman–Crippen MR) is 108 cm³/mol. The Morgan fingerprint density at radius 1 is 0.885 bits per heavy atom. The topological polar surface area (TPSA) is 22.1 Å². The number of nitrogens with zero attached hydrogens (tertiary/aromatic N) is 2. The molecule has 0 aliphatic rings. The number of quaternary nitrogens is 1. The van der Waals surface area contributed by atoms with Gasteiger partial charge in [0, 0.05) is 6.20 Å². The summed E-state index contributed by atoms with van der Waals surface area (Å²) in [5, 5.41) is 0. The van der Waals surface area contributed by atoms with E-state index in [0.29, 0.717) is 6.61 Å². The molecule has 0 saturated carbocycles. The molecule has 0 atom stereocenters. The molecule has 0 aliphatic carbocycles. The first kappa shape index (κ1) is 25.2. The molecular formula is C22H41ClN2O. The van der Waals surface area contributed by atoms with Gasteiger partial charge >= 0.3 is 0 Å². The molecule has 0 bridgehead atoms. The molecular weight excluding hydrogens is 344 g/mol. The summed E-state index contributed by atoms with van der Waals surface area (Å²) in [6, 6.07) is 3.99. The Labute approximate surface area is 168 Å². The van der Waals surface area contributed by atoms with Crippen molar-refractivity contribution in [1.29, 1.82) is 0 Å². The summed E-state index contributed by atoms with van der Waals surface area (Å²) in [5.74, 6) is 0.944. The number of unbranched alkanes of at least 4 members (excludes halogenated alkanes) is 9. The number of aromatic nitrogens is 1. The molecule has 1 heterocycles. The third-order valence-corrected chi connectivity index (χ3v) is 4.84. The first-order valence-corrected chi connectivity index (χ1v) is 10.5. The number of halogens is 1. The number of hydrogen-bond donors (Lipinski definition) is 0. The van der Waals surface area contributed by atoms with Gasteiger partial charge in [-0.15, -0.1) is 0 Å². The van der Waals surface area contributed by atoms with E-state index in [1.807, 2.05) is 25.3 Å². The highest BCUT2D eigenvalue weighted by molar-refractivity contribution is 5.26. The summed E-state index contributed by atoms with van der Waals surface area (Å²) < 4.78 is 6.70. The van der Waals surface area contributed by atoms with Crippen LogP contribution in [-0.4, -0.2) is 36.7 Å². The van der Waals surface area contributed by atoms with Gasteiger partial charge in [-0.2, -0.15) is 0 Å². The van der Waals surface area contributed by atoms with Crippen molar-refractivity contribution < 1.29 is 21.6 Å². The van der Waals surface area contributed by atoms with Gasteiger partial charge in [-0.05, 0) is 31.9 Å². The Hall–Kier alpha value is -0.800. The van der Waals surface area contributed by atoms with Crippen LogP contribution < -0.4 is 17.1 Å². The maximum Gasteiger partial charge on any atom is 0.146 e. The lowest BCUT2D eigenvalue weighted by atomic mass is 10.1. The Balaban J connectivity index is 0.00000625. The normalized spacial score (nSPS) is 11.2. The third-order valence-electron chi connectivity index (χ3n) is 4.84. The van der Waals surface area contributed by atoms with Gasteiger partial charge in [0.1, 0.15) is 18.0 Å². The average Bonchev–Trinajstić information content (AvgIpc) is 2.58. The molecule has 1 aromatic rings. The highest BCUT2D eigenvalue weighted by Crippen LogP contribution is 2.20. The van der Waals surface area contributed by atoms with Crippen molar-refractivity contribution in [3.8, 4) is 5.75 Å². The Bertz CT molecular complexity index is 452. The van der Waals surface area contributed by atoms with Crippen LogP contribution in [0.3, 0.4) is 0 Å². The van der Waals surface area contributed by atoms with E-state index < -0.39 is 0 Å². The molecule has 1 rings (SSSR count). The van der Waals surface area contributed by atoms with E-state index in [1.54, 1.807) is 0 Å². The van der Waals surface area contributed by atoms with E-state index in [2.05, 4.69) is 26.0 Å². The second kappa shape index (κ2) is 15.3. The minimum atomic E-state index is 0. The number of rotatable bonds is 15. The number of hydrogen-bond acceptors (Lipinski definition) is 2. The van der Waals surface area contributed by atoms with Crippen LogP contribution in [0, 0.1) is 0 Å². The van der Waals surface area contributed by atoms with Gasteiger partial charge in [0.05, 0.1) is 27.2 Å². The monoisotopic (exact) mass is 384 g/mol. The van der Waals surface area contributed by atoms with E-state index in [0.717, 1.165) is 22.5 Å². The highest BCUT2D eigenvalue weighted by atomic mass is 35.5. The maximum atomic E-state index is 5.72. The molecule has 0 aliphatic heterocycles. The maximum absolute atomic E-state index is 5.72. The third kappa shape index (κ3) is 11.7. The largest absolute Gasteiger partial charge is 1.00 e. The number of ether oxygens (including phenoxy) is 1. The molecule has 0 fully saturated rings. The van der Waals surface area contributed by atoms with Crippen molar-refractivity contribution >= 4 is 0 Å². The minimum absolute atomic E-state index is 0. The first-order valence-electron chi connectivity index (χ1n) is 10.5. The van der Waals surface area contributed by atoms with Crippen LogP contribution in [-0.2, 0) is 6.54 Å². The molecule has 0 saturated heterocycles. The van der Waals surface area contributed by atoms with Crippen LogP contribution in [0.1, 0.15) is 83.7 Å². The van der Waals surface area contributed by atoms with Crippen LogP contribution >= 0.6 is 0 Å². The minimum Gasteiger partial charge on any atom is -1.00 e. The van der Waals surface area contributed by atoms with Crippen LogP contribution in [0.25, 0.3) is 0 Å². The van der Waals surface area contributed by atoms with E-state index >= 15 is 0 Å². The highest BCUT2D eigenvalue weighted by Gasteiger charge is 2.19. The van der Waals surface area contributed by atoms with Crippen molar-refractivity contribution in [3.63, 3.8) is 0 Å². The van der Waals surface area contributed by atoms with Gasteiger partial charge in [-0.1, -0.05) is 58.3 Å². The molecule has 0 spiro atoms. The van der Waals surface area contributed by atoms with Crippen molar-refractivity contribution in [2.24, 2.45) is 0 Å². The fraction of sp³-hybridized carbons (Fsp3) is 0.773. The zero-order valence-corrected chi connectivity index (χ0v) is 18.4. The molecule has 0 radical (unpaired) electrons. The van der Waals surface area contributed by atoms with E-state index in [9.17, 15) is 0 Å². The van der Waals surface area contributed by atoms with E-state index in [-0.39, 0.29) is 12.4 Å². The van der Waals surface area contributed by atoms with E-state index in [4.69, 9.17) is 4.74 Å². The zero-order valence-electron chi connectivity index (χ0n) is 17.6. The van der Waals surface area contributed by atoms with Crippen LogP contribution in [0.4, 0.5) is 0 Å². The van der Waals surface area contributed by atoms with Gasteiger partial charge in [0.15, 0.2) is 0 Å². The molecule has 1 aromatic heterocycles. The molecule has 152 valence electrons. The van der Waals surface area contributed by atoms with Gasteiger partial charge in [0.2, 0.25) is 0 Å². The lowest BCUT2D eigenvalue weighted by molar-refractivity contribution is -0.904. The Morgan fingerprint density at radius 3 is 2.04 bits per heavy atom. The molecule has 3 nitrogen and oxygen atoms in total. The van der Waals surface area contributed by atoms with Gasteiger partial charge < -0.3 is 21.6 Å². The summed E-state index contributed by atoms with van der Waals surface area (Å²) in [6.45, 7) is 7.16. The standard InChI is InChI=1S/C22H41N2O.ClH/c1-5-7-8-9-10-11-12-13-14-15-19-24(3,4)20-21-22(25-6-2)17-16-18-23-21;/h16-18H,5-15,19-20H2,1-4H3;1H/q+1;/p-1. The lowest BCUT2D eigenvalue weighted by Gasteiger charge is -2.30. The van der Waals surface area contributed by atoms with Crippen molar-refractivity contribution in [1.82, 2.24) is 4.98 Å². The lowest BCUT2D eigenvalue weighted by Crippen LogP contribution is -3.00. The van der Waals surface area contributed by atoms with Crippen LogP contribution in [0.15, 0.2) is 18.3 Å². The quantitative estimate of drug-likeness (QED) is 0.342. The van der Waals surface area contributed by atoms with Gasteiger partial charge in [-0.3, -0.25) is 4.98 Å². The first-order chi connectivity index (χ1) is 12.1. The molecule has 26 heavy (non-hydrogen) atoms. The fourth-order valence-electron chi connectivity index (χ4n) is 3.34. The van der Waals surface area contributed by atoms with E-state index in [1.165, 1.54) is 70.8 Å². The average molecular weight is 385 g/mol. The van der Waals surface area contributed by atoms with Gasteiger partial charge in [0.25, 0.3) is 0 Å². The zero-order chi connectivity index (χ0) is 18.4. The summed E-state index contributed by atoms with van der Waals surface area (Å²) in [6.07, 6.45) is 15.8. The Kier molecular flexibility index (Phi) is 14.8. The van der Waals surface area contributed by atoms with Crippen molar-refractivity contribution in [3.05, 3.63) is 24.0 Å². The second-order valence-corrected chi connectivity index (χ2v) is 7.88. The fourth-order valence-corrected chi connectivity index (χ4v) is 3.34. The molecule has 0 aromatic carbocycles. The molecule has 0 amide bonds. The number of pyridine rings is 1. The molecule has 0 N–H and O–H groups in total. The summed E-state index contributed by atoms with van der Waals surface area (Å²) in [7, 11) is 4.61. The summed E-state index contributed by atoms with van der Waals surface area (Å²) in [4.78, 5) is 4.54. The smallest absolute Gasteiger partial charge is 0.146 e. The summed E-state index contributed by atoms with van der Waals surface area (Å²) >= 11 is 0. The van der Waals surface area contributed by atoms with Crippen LogP contribution in [0.2, 0.25) is 0 Å². The van der Waals surface area contributed by atoms with Crippen molar-refractivity contribution in [2.75, 3.05) is 27.2 Å². The molecule has 4 heteroatoms. The predicted octanol–water partition coefficient (Wildman–Crippen LogP) is 2.98. The Morgan fingerprint density at radius 2 is 1.46 bits per heavy atom. The molecule has 0 unspecified atom stereocenters. The van der Waals surface area contributed by atoms with Gasteiger partial charge in [-0.25, -0.2) is 0 Å². The summed E-state index contributed by atoms with van der Waals surface area (Å²) in [5.41, 5.74) is 1.08. The second-order valence-electron chi connectivity index (χ2n) is 7.88.